The molecule has 0 aliphatic heterocycles. The molecule has 6 heteroatoms. The molecule has 0 radical (unpaired) electrons. The number of rotatable bonds is 6. The first-order valence-electron chi connectivity index (χ1n) is 7.84. The quantitative estimate of drug-likeness (QED) is 0.658. The summed E-state index contributed by atoms with van der Waals surface area (Å²) in [5, 5.41) is 19.1. The van der Waals surface area contributed by atoms with Gasteiger partial charge in [0.25, 0.3) is 0 Å². The largest absolute Gasteiger partial charge is 0.508 e. The van der Waals surface area contributed by atoms with Crippen molar-refractivity contribution in [3.63, 3.8) is 0 Å². The van der Waals surface area contributed by atoms with E-state index in [1.165, 1.54) is 6.07 Å². The minimum atomic E-state index is -1.01. The van der Waals surface area contributed by atoms with Gasteiger partial charge in [-0.2, -0.15) is 0 Å². The smallest absolute Gasteiger partial charge is 0.313 e. The molecule has 2 aromatic rings. The number of halogens is 2. The molecule has 0 unspecified atom stereocenters. The summed E-state index contributed by atoms with van der Waals surface area (Å²) >= 11 is 7.24. The standard InChI is InChI=1S/C19H20ClFO3S/c1-10(2)13-6-12(4-5-16(13)22)7-14-11(3)19(21)17(8-15(14)20)25-9-18(23)24/h4-6,8,10,22H,7,9H2,1-3H3,(H,23,24). The number of carbonyl (C=O) groups is 1. The number of phenolic OH excluding ortho intramolecular Hbond substituents is 1. The van der Waals surface area contributed by atoms with E-state index in [1.54, 1.807) is 19.1 Å². The van der Waals surface area contributed by atoms with Crippen LogP contribution in [0.15, 0.2) is 29.2 Å². The van der Waals surface area contributed by atoms with Crippen molar-refractivity contribution in [1.82, 2.24) is 0 Å². The van der Waals surface area contributed by atoms with Crippen LogP contribution in [0.1, 0.15) is 42.0 Å². The lowest BCUT2D eigenvalue weighted by Gasteiger charge is -2.15. The van der Waals surface area contributed by atoms with E-state index in [4.69, 9.17) is 16.7 Å². The van der Waals surface area contributed by atoms with Crippen LogP contribution in [0.3, 0.4) is 0 Å². The summed E-state index contributed by atoms with van der Waals surface area (Å²) in [6.07, 6.45) is 0.436. The molecule has 0 amide bonds. The molecule has 2 N–H and O–H groups in total. The van der Waals surface area contributed by atoms with Crippen LogP contribution in [0.2, 0.25) is 5.02 Å². The summed E-state index contributed by atoms with van der Waals surface area (Å²) in [6, 6.07) is 6.82. The summed E-state index contributed by atoms with van der Waals surface area (Å²) in [4.78, 5) is 10.9. The summed E-state index contributed by atoms with van der Waals surface area (Å²) < 4.78 is 14.6. The second-order valence-electron chi connectivity index (χ2n) is 6.18. The zero-order valence-corrected chi connectivity index (χ0v) is 15.8. The maximum atomic E-state index is 14.6. The van der Waals surface area contributed by atoms with Crippen LogP contribution in [-0.4, -0.2) is 21.9 Å². The van der Waals surface area contributed by atoms with Gasteiger partial charge in [-0.3, -0.25) is 4.79 Å². The SMILES string of the molecule is Cc1c(F)c(SCC(=O)O)cc(Cl)c1Cc1ccc(O)c(C(C)C)c1. The van der Waals surface area contributed by atoms with Gasteiger partial charge in [-0.15, -0.1) is 11.8 Å². The lowest BCUT2D eigenvalue weighted by atomic mass is 9.95. The Morgan fingerprint density at radius 2 is 2.00 bits per heavy atom. The molecular formula is C19H20ClFO3S. The first-order valence-corrected chi connectivity index (χ1v) is 9.21. The number of hydrogen-bond donors (Lipinski definition) is 2. The van der Waals surface area contributed by atoms with Crippen molar-refractivity contribution in [3.8, 4) is 5.75 Å². The molecule has 0 saturated carbocycles. The molecule has 2 aromatic carbocycles. The Balaban J connectivity index is 2.36. The Hall–Kier alpha value is -1.72. The van der Waals surface area contributed by atoms with E-state index in [0.29, 0.717) is 22.6 Å². The maximum absolute atomic E-state index is 14.6. The average molecular weight is 383 g/mol. The Kier molecular flexibility index (Phi) is 6.36. The minimum Gasteiger partial charge on any atom is -0.508 e. The molecule has 0 aliphatic rings. The van der Waals surface area contributed by atoms with E-state index >= 15 is 0 Å². The van der Waals surface area contributed by atoms with Crippen molar-refractivity contribution in [2.45, 2.75) is 38.0 Å². The molecule has 0 heterocycles. The minimum absolute atomic E-state index is 0.169. The van der Waals surface area contributed by atoms with Crippen LogP contribution in [0.4, 0.5) is 4.39 Å². The average Bonchev–Trinajstić information content (AvgIpc) is 2.54. The second-order valence-corrected chi connectivity index (χ2v) is 7.61. The third kappa shape index (κ3) is 4.67. The predicted molar refractivity (Wildman–Crippen MR) is 99.5 cm³/mol. The maximum Gasteiger partial charge on any atom is 0.313 e. The number of phenols is 1. The van der Waals surface area contributed by atoms with Crippen molar-refractivity contribution in [2.75, 3.05) is 5.75 Å². The van der Waals surface area contributed by atoms with E-state index < -0.39 is 11.8 Å². The van der Waals surface area contributed by atoms with Crippen LogP contribution in [0.5, 0.6) is 5.75 Å². The van der Waals surface area contributed by atoms with E-state index in [9.17, 15) is 14.3 Å². The van der Waals surface area contributed by atoms with Gasteiger partial charge in [-0.05, 0) is 53.6 Å². The van der Waals surface area contributed by atoms with Gasteiger partial charge in [0.1, 0.15) is 11.6 Å². The molecule has 0 spiro atoms. The Bertz CT molecular complexity index is 806. The number of benzene rings is 2. The van der Waals surface area contributed by atoms with Crippen LogP contribution in [-0.2, 0) is 11.2 Å². The van der Waals surface area contributed by atoms with Crippen LogP contribution < -0.4 is 0 Å². The van der Waals surface area contributed by atoms with E-state index in [0.717, 1.165) is 22.9 Å². The molecule has 25 heavy (non-hydrogen) atoms. The Labute approximate surface area is 155 Å². The fraction of sp³-hybridized carbons (Fsp3) is 0.316. The highest BCUT2D eigenvalue weighted by Gasteiger charge is 2.17. The molecule has 134 valence electrons. The first kappa shape index (κ1) is 19.6. The van der Waals surface area contributed by atoms with Crippen molar-refractivity contribution in [3.05, 3.63) is 57.4 Å². The first-order chi connectivity index (χ1) is 11.7. The highest BCUT2D eigenvalue weighted by atomic mass is 35.5. The fourth-order valence-corrected chi connectivity index (χ4v) is 3.75. The number of aliphatic carboxylic acids is 1. The molecule has 0 fully saturated rings. The van der Waals surface area contributed by atoms with Crippen LogP contribution >= 0.6 is 23.4 Å². The van der Waals surface area contributed by atoms with Gasteiger partial charge in [-0.25, -0.2) is 4.39 Å². The third-order valence-corrected chi connectivity index (χ3v) is 5.33. The number of carboxylic acid groups (broad SMARTS) is 1. The van der Waals surface area contributed by atoms with E-state index in [1.807, 2.05) is 19.9 Å². The molecule has 0 aromatic heterocycles. The monoisotopic (exact) mass is 382 g/mol. The molecule has 0 aliphatic carbocycles. The fourth-order valence-electron chi connectivity index (χ4n) is 2.60. The van der Waals surface area contributed by atoms with Gasteiger partial charge in [0.05, 0.1) is 5.75 Å². The normalized spacial score (nSPS) is 11.1. The number of thioether (sulfide) groups is 1. The lowest BCUT2D eigenvalue weighted by Crippen LogP contribution is -2.02. The van der Waals surface area contributed by atoms with Gasteiger partial charge < -0.3 is 10.2 Å². The lowest BCUT2D eigenvalue weighted by molar-refractivity contribution is -0.133. The number of aromatic hydroxyl groups is 1. The van der Waals surface area contributed by atoms with Gasteiger partial charge >= 0.3 is 5.97 Å². The Morgan fingerprint density at radius 1 is 1.32 bits per heavy atom. The molecule has 0 saturated heterocycles. The summed E-state index contributed by atoms with van der Waals surface area (Å²) in [5.41, 5.74) is 2.84. The molecule has 3 nitrogen and oxygen atoms in total. The van der Waals surface area contributed by atoms with Crippen molar-refractivity contribution < 1.29 is 19.4 Å². The van der Waals surface area contributed by atoms with Crippen molar-refractivity contribution >= 4 is 29.3 Å². The molecule has 2 rings (SSSR count). The van der Waals surface area contributed by atoms with Gasteiger partial charge in [0.2, 0.25) is 0 Å². The summed E-state index contributed by atoms with van der Waals surface area (Å²) in [6.45, 7) is 5.63. The molecule has 0 bridgehead atoms. The van der Waals surface area contributed by atoms with Crippen LogP contribution in [0.25, 0.3) is 0 Å². The highest BCUT2D eigenvalue weighted by Crippen LogP contribution is 2.34. The zero-order valence-electron chi connectivity index (χ0n) is 14.3. The second kappa shape index (κ2) is 8.11. The molecule has 0 atom stereocenters. The van der Waals surface area contributed by atoms with E-state index in [-0.39, 0.29) is 22.3 Å². The number of carboxylic acids is 1. The van der Waals surface area contributed by atoms with E-state index in [2.05, 4.69) is 0 Å². The van der Waals surface area contributed by atoms with Gasteiger partial charge in [0.15, 0.2) is 0 Å². The van der Waals surface area contributed by atoms with Gasteiger partial charge in [-0.1, -0.05) is 37.6 Å². The zero-order chi connectivity index (χ0) is 18.7. The summed E-state index contributed by atoms with van der Waals surface area (Å²) in [7, 11) is 0. The summed E-state index contributed by atoms with van der Waals surface area (Å²) in [5.74, 6) is -1.25. The Morgan fingerprint density at radius 3 is 2.60 bits per heavy atom. The number of hydrogen-bond acceptors (Lipinski definition) is 3. The molecular weight excluding hydrogens is 363 g/mol. The van der Waals surface area contributed by atoms with Crippen molar-refractivity contribution in [1.29, 1.82) is 0 Å². The third-order valence-electron chi connectivity index (χ3n) is 3.99. The predicted octanol–water partition coefficient (Wildman–Crippen LogP) is 5.38. The highest BCUT2D eigenvalue weighted by molar-refractivity contribution is 8.00. The van der Waals surface area contributed by atoms with Gasteiger partial charge in [0, 0.05) is 9.92 Å². The van der Waals surface area contributed by atoms with Crippen LogP contribution in [0, 0.1) is 12.7 Å². The van der Waals surface area contributed by atoms with Crippen molar-refractivity contribution in [2.24, 2.45) is 0 Å². The topological polar surface area (TPSA) is 57.5 Å².